The van der Waals surface area contributed by atoms with Crippen LogP contribution >= 0.6 is 11.8 Å². The molecule has 0 aromatic carbocycles. The standard InChI is InChI=1S/C8H15F3OS/c1-2-3-7(6-12)4-5-13-8(9,10)11/h7,12H,2-6H2,1H3. The summed E-state index contributed by atoms with van der Waals surface area (Å²) in [6.45, 7) is 1.95. The van der Waals surface area contributed by atoms with E-state index in [0.717, 1.165) is 12.8 Å². The van der Waals surface area contributed by atoms with Crippen LogP contribution in [-0.2, 0) is 0 Å². The third-order valence-electron chi connectivity index (χ3n) is 1.75. The highest BCUT2D eigenvalue weighted by atomic mass is 32.2. The Morgan fingerprint density at radius 1 is 1.31 bits per heavy atom. The molecule has 0 aromatic heterocycles. The second-order valence-corrected chi connectivity index (χ2v) is 4.08. The minimum Gasteiger partial charge on any atom is -0.396 e. The Labute approximate surface area is 80.7 Å². The topological polar surface area (TPSA) is 20.2 Å². The van der Waals surface area contributed by atoms with Crippen molar-refractivity contribution in [2.75, 3.05) is 12.4 Å². The lowest BCUT2D eigenvalue weighted by Crippen LogP contribution is -2.09. The van der Waals surface area contributed by atoms with E-state index < -0.39 is 5.51 Å². The van der Waals surface area contributed by atoms with Gasteiger partial charge in [0, 0.05) is 12.4 Å². The third-order valence-corrected chi connectivity index (χ3v) is 2.51. The molecule has 1 N–H and O–H groups in total. The highest BCUT2D eigenvalue weighted by molar-refractivity contribution is 8.00. The Kier molecular flexibility index (Phi) is 6.59. The fourth-order valence-electron chi connectivity index (χ4n) is 1.08. The Balaban J connectivity index is 3.49. The number of halogens is 3. The second kappa shape index (κ2) is 6.54. The van der Waals surface area contributed by atoms with Crippen LogP contribution in [0, 0.1) is 5.92 Å². The maximum Gasteiger partial charge on any atom is 0.441 e. The summed E-state index contributed by atoms with van der Waals surface area (Å²) in [5.41, 5.74) is -4.13. The van der Waals surface area contributed by atoms with Crippen LogP contribution in [0.2, 0.25) is 0 Å². The minimum absolute atomic E-state index is 0.00768. The van der Waals surface area contributed by atoms with Gasteiger partial charge in [-0.05, 0) is 18.8 Å². The minimum atomic E-state index is -4.13. The summed E-state index contributed by atoms with van der Waals surface area (Å²) >= 11 is -0.00798. The Bertz CT molecular complexity index is 127. The van der Waals surface area contributed by atoms with Crippen molar-refractivity contribution in [2.24, 2.45) is 5.92 Å². The summed E-state index contributed by atoms with van der Waals surface area (Å²) in [6.07, 6.45) is 2.14. The lowest BCUT2D eigenvalue weighted by atomic mass is 10.0. The van der Waals surface area contributed by atoms with Gasteiger partial charge in [-0.3, -0.25) is 0 Å². The van der Waals surface area contributed by atoms with Gasteiger partial charge < -0.3 is 5.11 Å². The predicted molar refractivity (Wildman–Crippen MR) is 48.6 cm³/mol. The molecule has 1 unspecified atom stereocenters. The molecule has 0 amide bonds. The van der Waals surface area contributed by atoms with Crippen molar-refractivity contribution in [1.29, 1.82) is 0 Å². The summed E-state index contributed by atoms with van der Waals surface area (Å²) < 4.78 is 35.1. The number of hydrogen-bond donors (Lipinski definition) is 1. The zero-order valence-electron chi connectivity index (χ0n) is 7.60. The van der Waals surface area contributed by atoms with Gasteiger partial charge in [-0.1, -0.05) is 25.1 Å². The molecular weight excluding hydrogens is 201 g/mol. The molecule has 1 nitrogen and oxygen atoms in total. The van der Waals surface area contributed by atoms with E-state index in [1.165, 1.54) is 0 Å². The molecule has 80 valence electrons. The van der Waals surface area contributed by atoms with Crippen LogP contribution in [-0.4, -0.2) is 23.0 Å². The normalized spacial score (nSPS) is 14.5. The smallest absolute Gasteiger partial charge is 0.396 e. The lowest BCUT2D eigenvalue weighted by Gasteiger charge is -2.12. The van der Waals surface area contributed by atoms with Crippen molar-refractivity contribution < 1.29 is 18.3 Å². The molecule has 13 heavy (non-hydrogen) atoms. The van der Waals surface area contributed by atoms with E-state index in [0.29, 0.717) is 6.42 Å². The SMILES string of the molecule is CCCC(CO)CCSC(F)(F)F. The van der Waals surface area contributed by atoms with Gasteiger partial charge in [0.2, 0.25) is 0 Å². The number of rotatable bonds is 6. The van der Waals surface area contributed by atoms with Crippen molar-refractivity contribution in [1.82, 2.24) is 0 Å². The monoisotopic (exact) mass is 216 g/mol. The van der Waals surface area contributed by atoms with Crippen molar-refractivity contribution in [3.63, 3.8) is 0 Å². The van der Waals surface area contributed by atoms with Crippen LogP contribution in [0.25, 0.3) is 0 Å². The molecule has 0 bridgehead atoms. The Morgan fingerprint density at radius 2 is 1.92 bits per heavy atom. The zero-order chi connectivity index (χ0) is 10.3. The van der Waals surface area contributed by atoms with E-state index in [9.17, 15) is 13.2 Å². The van der Waals surface area contributed by atoms with E-state index in [-0.39, 0.29) is 30.0 Å². The quantitative estimate of drug-likeness (QED) is 0.736. The molecule has 0 fully saturated rings. The van der Waals surface area contributed by atoms with E-state index in [1.54, 1.807) is 0 Å². The van der Waals surface area contributed by atoms with Crippen LogP contribution < -0.4 is 0 Å². The number of hydrogen-bond acceptors (Lipinski definition) is 2. The summed E-state index contributed by atoms with van der Waals surface area (Å²) in [5.74, 6) is 0.0780. The second-order valence-electron chi connectivity index (χ2n) is 2.92. The number of thioether (sulfide) groups is 1. The van der Waals surface area contributed by atoms with Gasteiger partial charge in [-0.15, -0.1) is 0 Å². The van der Waals surface area contributed by atoms with Crippen LogP contribution in [0.15, 0.2) is 0 Å². The van der Waals surface area contributed by atoms with Crippen LogP contribution in [0.4, 0.5) is 13.2 Å². The molecule has 0 aliphatic heterocycles. The summed E-state index contributed by atoms with van der Waals surface area (Å²) in [6, 6.07) is 0. The maximum absolute atomic E-state index is 11.7. The number of aliphatic hydroxyl groups is 1. The van der Waals surface area contributed by atoms with Gasteiger partial charge in [0.15, 0.2) is 0 Å². The van der Waals surface area contributed by atoms with Crippen molar-refractivity contribution >= 4 is 11.8 Å². The van der Waals surface area contributed by atoms with Gasteiger partial charge in [0.25, 0.3) is 0 Å². The van der Waals surface area contributed by atoms with E-state index in [1.807, 2.05) is 6.92 Å². The molecule has 0 saturated heterocycles. The summed E-state index contributed by atoms with van der Waals surface area (Å²) in [5, 5.41) is 8.80. The summed E-state index contributed by atoms with van der Waals surface area (Å²) in [7, 11) is 0. The van der Waals surface area contributed by atoms with Gasteiger partial charge in [-0.2, -0.15) is 13.2 Å². The van der Waals surface area contributed by atoms with E-state index in [2.05, 4.69) is 0 Å². The van der Waals surface area contributed by atoms with E-state index >= 15 is 0 Å². The van der Waals surface area contributed by atoms with Crippen LogP contribution in [0.3, 0.4) is 0 Å². The first kappa shape index (κ1) is 13.1. The largest absolute Gasteiger partial charge is 0.441 e. The molecule has 0 heterocycles. The molecule has 0 spiro atoms. The van der Waals surface area contributed by atoms with Gasteiger partial charge in [-0.25, -0.2) is 0 Å². The number of aliphatic hydroxyl groups excluding tert-OH is 1. The Hall–Kier alpha value is 0.100. The van der Waals surface area contributed by atoms with Crippen molar-refractivity contribution in [2.45, 2.75) is 31.7 Å². The zero-order valence-corrected chi connectivity index (χ0v) is 8.42. The molecule has 5 heteroatoms. The van der Waals surface area contributed by atoms with Gasteiger partial charge in [0.1, 0.15) is 0 Å². The molecule has 0 aromatic rings. The highest BCUT2D eigenvalue weighted by Gasteiger charge is 2.27. The van der Waals surface area contributed by atoms with Crippen LogP contribution in [0.1, 0.15) is 26.2 Å². The lowest BCUT2D eigenvalue weighted by molar-refractivity contribution is -0.0328. The Morgan fingerprint density at radius 3 is 2.31 bits per heavy atom. The first-order valence-electron chi connectivity index (χ1n) is 4.31. The first-order chi connectivity index (χ1) is 5.99. The molecule has 0 radical (unpaired) electrons. The van der Waals surface area contributed by atoms with Crippen molar-refractivity contribution in [3.8, 4) is 0 Å². The number of alkyl halides is 3. The average molecular weight is 216 g/mol. The fraction of sp³-hybridized carbons (Fsp3) is 1.00. The first-order valence-corrected chi connectivity index (χ1v) is 5.29. The predicted octanol–water partition coefficient (Wildman–Crippen LogP) is 3.04. The molecule has 1 atom stereocenters. The third kappa shape index (κ3) is 8.43. The van der Waals surface area contributed by atoms with Gasteiger partial charge >= 0.3 is 5.51 Å². The van der Waals surface area contributed by atoms with Gasteiger partial charge in [0.05, 0.1) is 0 Å². The molecule has 0 aliphatic carbocycles. The molecular formula is C8H15F3OS. The molecule has 0 rings (SSSR count). The molecule has 0 saturated carbocycles. The highest BCUT2D eigenvalue weighted by Crippen LogP contribution is 2.31. The fourth-order valence-corrected chi connectivity index (χ4v) is 1.76. The van der Waals surface area contributed by atoms with Crippen molar-refractivity contribution in [3.05, 3.63) is 0 Å². The molecule has 0 aliphatic rings. The van der Waals surface area contributed by atoms with E-state index in [4.69, 9.17) is 5.11 Å². The van der Waals surface area contributed by atoms with Crippen LogP contribution in [0.5, 0.6) is 0 Å². The summed E-state index contributed by atoms with van der Waals surface area (Å²) in [4.78, 5) is 0. The average Bonchev–Trinajstić information content (AvgIpc) is 2.01. The maximum atomic E-state index is 11.7.